The maximum atomic E-state index is 12.5. The number of halogens is 1. The predicted molar refractivity (Wildman–Crippen MR) is 127 cm³/mol. The summed E-state index contributed by atoms with van der Waals surface area (Å²) in [6.07, 6.45) is 0.496. The van der Waals surface area contributed by atoms with Gasteiger partial charge in [0, 0.05) is 18.5 Å². The van der Waals surface area contributed by atoms with Crippen LogP contribution in [-0.2, 0) is 6.42 Å². The molecule has 0 spiro atoms. The Labute approximate surface area is 194 Å². The SMILES string of the molecule is O=C(Nc1nnc(CCNC(=O)c2ccccc2Cl)s1)c1ccc(-c2ccccc2)cc1. The third-order valence-corrected chi connectivity index (χ3v) is 5.91. The van der Waals surface area contributed by atoms with Crippen LogP contribution >= 0.6 is 22.9 Å². The minimum absolute atomic E-state index is 0.243. The third kappa shape index (κ3) is 5.38. The summed E-state index contributed by atoms with van der Waals surface area (Å²) in [5.41, 5.74) is 3.10. The van der Waals surface area contributed by atoms with Gasteiger partial charge in [-0.25, -0.2) is 0 Å². The summed E-state index contributed by atoms with van der Waals surface area (Å²) in [5, 5.41) is 15.2. The molecule has 0 aliphatic carbocycles. The number of nitrogens with one attached hydrogen (secondary N) is 2. The molecular weight excluding hydrogens is 444 g/mol. The Morgan fingerprint density at radius 2 is 1.50 bits per heavy atom. The van der Waals surface area contributed by atoms with Crippen LogP contribution in [-0.4, -0.2) is 28.6 Å². The third-order valence-electron chi connectivity index (χ3n) is 4.68. The van der Waals surface area contributed by atoms with E-state index in [9.17, 15) is 9.59 Å². The summed E-state index contributed by atoms with van der Waals surface area (Å²) >= 11 is 7.31. The van der Waals surface area contributed by atoms with E-state index in [2.05, 4.69) is 20.8 Å². The highest BCUT2D eigenvalue weighted by atomic mass is 35.5. The number of carbonyl (C=O) groups is 2. The van der Waals surface area contributed by atoms with Crippen LogP contribution in [0.2, 0.25) is 5.02 Å². The number of aromatic nitrogens is 2. The van der Waals surface area contributed by atoms with Crippen molar-refractivity contribution in [3.05, 3.63) is 100 Å². The van der Waals surface area contributed by atoms with Gasteiger partial charge in [0.15, 0.2) is 0 Å². The second-order valence-corrected chi connectivity index (χ2v) is 8.35. The summed E-state index contributed by atoms with van der Waals surface area (Å²) in [4.78, 5) is 24.7. The zero-order valence-electron chi connectivity index (χ0n) is 16.9. The highest BCUT2D eigenvalue weighted by molar-refractivity contribution is 7.15. The van der Waals surface area contributed by atoms with Crippen LogP contribution in [0.4, 0.5) is 5.13 Å². The fourth-order valence-corrected chi connectivity index (χ4v) is 4.00. The van der Waals surface area contributed by atoms with Crippen LogP contribution in [0.5, 0.6) is 0 Å². The van der Waals surface area contributed by atoms with Gasteiger partial charge in [0.05, 0.1) is 10.6 Å². The van der Waals surface area contributed by atoms with Crippen molar-refractivity contribution in [1.82, 2.24) is 15.5 Å². The minimum Gasteiger partial charge on any atom is -0.352 e. The lowest BCUT2D eigenvalue weighted by Gasteiger charge is -2.05. The lowest BCUT2D eigenvalue weighted by atomic mass is 10.0. The first-order valence-corrected chi connectivity index (χ1v) is 11.1. The van der Waals surface area contributed by atoms with Crippen LogP contribution < -0.4 is 10.6 Å². The monoisotopic (exact) mass is 462 g/mol. The summed E-state index contributed by atoms with van der Waals surface area (Å²) in [6.45, 7) is 0.383. The molecule has 1 aromatic heterocycles. The van der Waals surface area contributed by atoms with Gasteiger partial charge in [-0.1, -0.05) is 77.5 Å². The van der Waals surface area contributed by atoms with Crippen molar-refractivity contribution in [2.45, 2.75) is 6.42 Å². The molecular formula is C24H19ClN4O2S. The van der Waals surface area contributed by atoms with Gasteiger partial charge in [0.2, 0.25) is 5.13 Å². The van der Waals surface area contributed by atoms with Crippen LogP contribution in [0.25, 0.3) is 11.1 Å². The van der Waals surface area contributed by atoms with Gasteiger partial charge in [-0.05, 0) is 35.4 Å². The number of anilines is 1. The normalized spacial score (nSPS) is 10.5. The number of nitrogens with zero attached hydrogens (tertiary/aromatic N) is 2. The zero-order chi connectivity index (χ0) is 22.3. The average Bonchev–Trinajstić information content (AvgIpc) is 3.27. The molecule has 8 heteroatoms. The van der Waals surface area contributed by atoms with Crippen molar-refractivity contribution < 1.29 is 9.59 Å². The van der Waals surface area contributed by atoms with Gasteiger partial charge in [-0.3, -0.25) is 14.9 Å². The molecule has 0 saturated carbocycles. The van der Waals surface area contributed by atoms with Gasteiger partial charge < -0.3 is 5.32 Å². The molecule has 2 amide bonds. The molecule has 32 heavy (non-hydrogen) atoms. The average molecular weight is 463 g/mol. The summed E-state index contributed by atoms with van der Waals surface area (Å²) in [7, 11) is 0. The van der Waals surface area contributed by atoms with Crippen molar-refractivity contribution in [2.24, 2.45) is 0 Å². The summed E-state index contributed by atoms with van der Waals surface area (Å²) in [5.74, 6) is -0.494. The minimum atomic E-state index is -0.251. The Bertz CT molecular complexity index is 1230. The first-order valence-electron chi connectivity index (χ1n) is 9.92. The van der Waals surface area contributed by atoms with Gasteiger partial charge >= 0.3 is 0 Å². The number of amides is 2. The van der Waals surface area contributed by atoms with E-state index in [0.29, 0.717) is 39.3 Å². The zero-order valence-corrected chi connectivity index (χ0v) is 18.5. The molecule has 4 rings (SSSR count). The van der Waals surface area contributed by atoms with Gasteiger partial charge in [0.1, 0.15) is 5.01 Å². The van der Waals surface area contributed by atoms with Crippen LogP contribution in [0.1, 0.15) is 25.7 Å². The second-order valence-electron chi connectivity index (χ2n) is 6.88. The smallest absolute Gasteiger partial charge is 0.257 e. The van der Waals surface area contributed by atoms with Gasteiger partial charge in [-0.2, -0.15) is 0 Å². The largest absolute Gasteiger partial charge is 0.352 e. The molecule has 160 valence electrons. The van der Waals surface area contributed by atoms with E-state index in [1.54, 1.807) is 36.4 Å². The fourth-order valence-electron chi connectivity index (χ4n) is 3.04. The molecule has 1 heterocycles. The Morgan fingerprint density at radius 3 is 2.25 bits per heavy atom. The molecule has 0 saturated heterocycles. The van der Waals surface area contributed by atoms with Gasteiger partial charge in [0.25, 0.3) is 11.8 Å². The van der Waals surface area contributed by atoms with E-state index >= 15 is 0 Å². The summed E-state index contributed by atoms with van der Waals surface area (Å²) in [6, 6.07) is 24.2. The molecule has 4 aromatic rings. The van der Waals surface area contributed by atoms with E-state index < -0.39 is 0 Å². The first kappa shape index (κ1) is 21.7. The lowest BCUT2D eigenvalue weighted by molar-refractivity contribution is 0.0953. The molecule has 0 fully saturated rings. The highest BCUT2D eigenvalue weighted by Crippen LogP contribution is 2.21. The van der Waals surface area contributed by atoms with E-state index in [0.717, 1.165) is 11.1 Å². The number of benzene rings is 3. The Balaban J connectivity index is 1.29. The molecule has 0 radical (unpaired) electrons. The van der Waals surface area contributed by atoms with Crippen LogP contribution in [0.15, 0.2) is 78.9 Å². The Kier molecular flexibility index (Phi) is 6.89. The van der Waals surface area contributed by atoms with Crippen LogP contribution in [0.3, 0.4) is 0 Å². The predicted octanol–water partition coefficient (Wildman–Crippen LogP) is 5.08. The molecule has 2 N–H and O–H groups in total. The maximum Gasteiger partial charge on any atom is 0.257 e. The van der Waals surface area contributed by atoms with Crippen LogP contribution in [0, 0.1) is 0 Å². The molecule has 6 nitrogen and oxygen atoms in total. The Hall–Kier alpha value is -3.55. The molecule has 0 aliphatic heterocycles. The fraction of sp³-hybridized carbons (Fsp3) is 0.0833. The maximum absolute atomic E-state index is 12.5. The summed E-state index contributed by atoms with van der Waals surface area (Å²) < 4.78 is 0. The topological polar surface area (TPSA) is 84.0 Å². The number of carbonyl (C=O) groups excluding carboxylic acids is 2. The highest BCUT2D eigenvalue weighted by Gasteiger charge is 2.12. The quantitative estimate of drug-likeness (QED) is 0.401. The molecule has 0 aliphatic rings. The number of rotatable bonds is 7. The molecule has 0 unspecified atom stereocenters. The number of hydrogen-bond acceptors (Lipinski definition) is 5. The second kappa shape index (κ2) is 10.2. The lowest BCUT2D eigenvalue weighted by Crippen LogP contribution is -2.25. The van der Waals surface area contributed by atoms with Crippen molar-refractivity contribution in [1.29, 1.82) is 0 Å². The molecule has 0 atom stereocenters. The number of hydrogen-bond donors (Lipinski definition) is 2. The first-order chi connectivity index (χ1) is 15.6. The molecule has 3 aromatic carbocycles. The van der Waals surface area contributed by atoms with E-state index in [-0.39, 0.29) is 11.8 Å². The van der Waals surface area contributed by atoms with Crippen molar-refractivity contribution in [2.75, 3.05) is 11.9 Å². The standard InChI is InChI=1S/C24H19ClN4O2S/c25-20-9-5-4-8-19(20)23(31)26-15-14-21-28-29-24(32-21)27-22(30)18-12-10-17(11-13-18)16-6-2-1-3-7-16/h1-13H,14-15H2,(H,26,31)(H,27,29,30). The van der Waals surface area contributed by atoms with E-state index in [1.165, 1.54) is 11.3 Å². The Morgan fingerprint density at radius 1 is 0.812 bits per heavy atom. The van der Waals surface area contributed by atoms with Crippen molar-refractivity contribution in [3.8, 4) is 11.1 Å². The molecule has 0 bridgehead atoms. The van der Waals surface area contributed by atoms with E-state index in [1.807, 2.05) is 42.5 Å². The van der Waals surface area contributed by atoms with Crippen molar-refractivity contribution >= 4 is 39.9 Å². The van der Waals surface area contributed by atoms with E-state index in [4.69, 9.17) is 11.6 Å². The van der Waals surface area contributed by atoms with Crippen molar-refractivity contribution in [3.63, 3.8) is 0 Å². The van der Waals surface area contributed by atoms with Gasteiger partial charge in [-0.15, -0.1) is 10.2 Å².